The first-order chi connectivity index (χ1) is 20.3. The van der Waals surface area contributed by atoms with Gasteiger partial charge in [0.1, 0.15) is 5.78 Å². The van der Waals surface area contributed by atoms with Gasteiger partial charge in [0, 0.05) is 6.42 Å². The molecule has 1 aliphatic heterocycles. The molecule has 220 valence electrons. The monoisotopic (exact) mass is 814 g/mol. The van der Waals surface area contributed by atoms with Crippen molar-refractivity contribution in [3.05, 3.63) is 146 Å². The standard InChI is InChI=1S/C30H33O4Si.C7H7.U/c1-29(2,3)35(24-15-9-5-10-16-24,25-17-11-6-12-18-25)34-22-30-19-27(31)26(21-33-30)28(30)32-20-23-13-7-4-8-14-23;1-7-5-3-2-4-6-7;/h4-18,21,26,28H,19-20,22H2,1-3H3;2-6H,1H2;/q2*-1;+2/t26-,28+,30-;;/m0../s1. The molecule has 0 aromatic heterocycles. The molecule has 43 heavy (non-hydrogen) atoms. The van der Waals surface area contributed by atoms with Crippen molar-refractivity contribution in [1.82, 2.24) is 0 Å². The predicted octanol–water partition coefficient (Wildman–Crippen LogP) is 6.54. The van der Waals surface area contributed by atoms with E-state index in [0.29, 0.717) is 19.6 Å². The van der Waals surface area contributed by atoms with Gasteiger partial charge in [-0.2, -0.15) is 31.2 Å². The van der Waals surface area contributed by atoms with Crippen LogP contribution in [-0.4, -0.2) is 32.4 Å². The first kappa shape index (κ1) is 33.5. The molecule has 4 nitrogen and oxygen atoms in total. The van der Waals surface area contributed by atoms with Gasteiger partial charge in [-0.25, -0.2) is 0 Å². The van der Waals surface area contributed by atoms with Crippen molar-refractivity contribution >= 4 is 24.5 Å². The zero-order chi connectivity index (χ0) is 29.6. The van der Waals surface area contributed by atoms with E-state index in [1.54, 1.807) is 6.61 Å². The smallest absolute Gasteiger partial charge is 0.543 e. The van der Waals surface area contributed by atoms with Crippen LogP contribution in [0.15, 0.2) is 121 Å². The molecule has 6 heteroatoms. The molecule has 0 amide bonds. The fourth-order valence-electron chi connectivity index (χ4n) is 6.13. The van der Waals surface area contributed by atoms with Crippen molar-refractivity contribution in [1.29, 1.82) is 0 Å². The van der Waals surface area contributed by atoms with Crippen LogP contribution in [0.2, 0.25) is 5.04 Å². The van der Waals surface area contributed by atoms with Crippen LogP contribution in [0.1, 0.15) is 38.3 Å². The van der Waals surface area contributed by atoms with Crippen LogP contribution in [0.5, 0.6) is 0 Å². The molecular formula is C37H40O4SiU. The van der Waals surface area contributed by atoms with E-state index in [0.717, 1.165) is 11.1 Å². The van der Waals surface area contributed by atoms with Crippen LogP contribution in [0.25, 0.3) is 0 Å². The topological polar surface area (TPSA) is 44.8 Å². The van der Waals surface area contributed by atoms with Crippen LogP contribution >= 0.6 is 0 Å². The third-order valence-electron chi connectivity index (χ3n) is 8.20. The van der Waals surface area contributed by atoms with Gasteiger partial charge in [-0.15, -0.1) is 12.1 Å². The van der Waals surface area contributed by atoms with Gasteiger partial charge in [0.2, 0.25) is 0 Å². The van der Waals surface area contributed by atoms with Crippen LogP contribution in [0.3, 0.4) is 0 Å². The fourth-order valence-corrected chi connectivity index (χ4v) is 10.7. The van der Waals surface area contributed by atoms with E-state index in [1.165, 1.54) is 10.4 Å². The molecule has 0 unspecified atom stereocenters. The third kappa shape index (κ3) is 7.28. The summed E-state index contributed by atoms with van der Waals surface area (Å²) in [7, 11) is -2.76. The number of hydrogen-bond acceptors (Lipinski definition) is 4. The first-order valence-electron chi connectivity index (χ1n) is 14.6. The van der Waals surface area contributed by atoms with Crippen molar-refractivity contribution in [2.75, 3.05) is 6.61 Å². The van der Waals surface area contributed by atoms with E-state index in [9.17, 15) is 4.79 Å². The van der Waals surface area contributed by atoms with E-state index >= 15 is 0 Å². The fraction of sp³-hybridized carbons (Fsp3) is 0.270. The summed E-state index contributed by atoms with van der Waals surface area (Å²) >= 11 is 0. The van der Waals surface area contributed by atoms with Crippen molar-refractivity contribution in [3.63, 3.8) is 0 Å². The number of rotatable bonds is 8. The number of Topliss-reactive ketones (excluding diaryl/α,β-unsaturated/α-hetero) is 1. The number of carbonyl (C=O) groups excluding carboxylic acids is 1. The molecule has 0 N–H and O–H groups in total. The molecule has 2 aliphatic rings. The van der Waals surface area contributed by atoms with Crippen molar-refractivity contribution < 1.29 is 49.8 Å². The van der Waals surface area contributed by atoms with Crippen LogP contribution < -0.4 is 10.4 Å². The second kappa shape index (κ2) is 14.6. The third-order valence-corrected chi connectivity index (χ3v) is 13.2. The second-order valence-corrected chi connectivity index (χ2v) is 16.4. The molecule has 4 aromatic carbocycles. The number of fused-ring (bicyclic) bond motifs is 2. The summed E-state index contributed by atoms with van der Waals surface area (Å²) in [5.41, 5.74) is 1.35. The van der Waals surface area contributed by atoms with E-state index in [4.69, 9.17) is 13.9 Å². The van der Waals surface area contributed by atoms with E-state index in [1.807, 2.05) is 72.8 Å². The Morgan fingerprint density at radius 2 is 1.33 bits per heavy atom. The Balaban J connectivity index is 0.000000466. The first-order valence-corrected chi connectivity index (χ1v) is 16.5. The number of ketones is 1. The molecule has 3 atom stereocenters. The van der Waals surface area contributed by atoms with Crippen molar-refractivity contribution in [2.45, 2.75) is 50.5 Å². The molecule has 4 aromatic rings. The minimum absolute atomic E-state index is 0. The van der Waals surface area contributed by atoms with Gasteiger partial charge < -0.3 is 18.7 Å². The van der Waals surface area contributed by atoms with Crippen molar-refractivity contribution in [3.8, 4) is 0 Å². The maximum absolute atomic E-state index is 12.9. The average molecular weight is 815 g/mol. The molecular weight excluding hydrogens is 775 g/mol. The maximum Gasteiger partial charge on any atom is 2.00 e. The molecule has 1 saturated heterocycles. The van der Waals surface area contributed by atoms with Gasteiger partial charge in [-0.1, -0.05) is 124 Å². The van der Waals surface area contributed by atoms with E-state index in [2.05, 4.69) is 76.2 Å². The van der Waals surface area contributed by atoms with Gasteiger partial charge in [-0.3, -0.25) is 0 Å². The Bertz CT molecular complexity index is 1390. The largest absolute Gasteiger partial charge is 2.00 e. The summed E-state index contributed by atoms with van der Waals surface area (Å²) in [4.78, 5) is 12.9. The predicted molar refractivity (Wildman–Crippen MR) is 171 cm³/mol. The summed E-state index contributed by atoms with van der Waals surface area (Å²) in [6.45, 7) is 12.9. The van der Waals surface area contributed by atoms with Crippen LogP contribution in [0.4, 0.5) is 0 Å². The van der Waals surface area contributed by atoms with Gasteiger partial charge in [0.05, 0.1) is 24.9 Å². The van der Waals surface area contributed by atoms with Crippen molar-refractivity contribution in [2.24, 2.45) is 5.92 Å². The molecule has 1 heterocycles. The molecule has 2 bridgehead atoms. The average Bonchev–Trinajstić information content (AvgIpc) is 3.48. The minimum atomic E-state index is -2.76. The van der Waals surface area contributed by atoms with E-state index < -0.39 is 13.9 Å². The molecule has 0 spiro atoms. The number of hydrogen-bond donors (Lipinski definition) is 0. The van der Waals surface area contributed by atoms with E-state index in [-0.39, 0.29) is 54.0 Å². The zero-order valence-corrected chi connectivity index (χ0v) is 30.4. The van der Waals surface area contributed by atoms with Crippen LogP contribution in [0, 0.1) is 50.6 Å². The summed E-state index contributed by atoms with van der Waals surface area (Å²) in [6, 6.07) is 41.0. The Kier molecular flexibility index (Phi) is 11.3. The molecule has 1 saturated carbocycles. The number of carbonyl (C=O) groups is 1. The zero-order valence-electron chi connectivity index (χ0n) is 25.2. The maximum atomic E-state index is 12.9. The van der Waals surface area contributed by atoms with Crippen LogP contribution in [-0.2, 0) is 25.3 Å². The summed E-state index contributed by atoms with van der Waals surface area (Å²) in [6.07, 6.45) is -0.0420. The Hall–Kier alpha value is -2.43. The minimum Gasteiger partial charge on any atom is -0.543 e. The molecule has 2 fully saturated rings. The van der Waals surface area contributed by atoms with Gasteiger partial charge in [0.25, 0.3) is 8.32 Å². The van der Waals surface area contributed by atoms with Gasteiger partial charge in [0.15, 0.2) is 0 Å². The number of ether oxygens (including phenoxy) is 2. The van der Waals surface area contributed by atoms with Gasteiger partial charge in [-0.05, 0) is 21.0 Å². The summed E-state index contributed by atoms with van der Waals surface area (Å²) in [5, 5.41) is 2.26. The second-order valence-electron chi connectivity index (χ2n) is 12.1. The normalized spacial score (nSPS) is 21.0. The molecule has 1 aliphatic carbocycles. The summed E-state index contributed by atoms with van der Waals surface area (Å²) in [5.74, 6) is -0.179. The quantitative estimate of drug-likeness (QED) is 0.150. The number of benzene rings is 4. The molecule has 6 rings (SSSR count). The Labute approximate surface area is 281 Å². The van der Waals surface area contributed by atoms with Gasteiger partial charge >= 0.3 is 31.1 Å². The Morgan fingerprint density at radius 1 is 0.837 bits per heavy atom. The molecule has 0 radical (unpaired) electrons. The summed E-state index contributed by atoms with van der Waals surface area (Å²) < 4.78 is 19.8. The SMILES string of the molecule is CC(C)(C)[Si](OC[C@]12CC(=O)[C@H]([CH-]O1)[C@H]2OCc1ccccc1)(c1ccccc1)c1ccccc1.[CH2-]c1ccccc1.[U+2]. The Morgan fingerprint density at radius 3 is 1.77 bits per heavy atom.